The minimum absolute atomic E-state index is 0.0680. The molecule has 0 bridgehead atoms. The van der Waals surface area contributed by atoms with Crippen molar-refractivity contribution in [3.63, 3.8) is 0 Å². The second-order valence-electron chi connectivity index (χ2n) is 7.63. The van der Waals surface area contributed by atoms with Gasteiger partial charge in [0, 0.05) is 30.1 Å². The largest absolute Gasteiger partial charge is 0.379 e. The van der Waals surface area contributed by atoms with E-state index in [0.29, 0.717) is 25.3 Å². The molecule has 3 rings (SSSR count). The van der Waals surface area contributed by atoms with Crippen LogP contribution in [0.3, 0.4) is 0 Å². The molecule has 162 valence electrons. The van der Waals surface area contributed by atoms with E-state index in [1.807, 2.05) is 25.3 Å². The molecule has 30 heavy (non-hydrogen) atoms. The Morgan fingerprint density at radius 1 is 1.17 bits per heavy atom. The van der Waals surface area contributed by atoms with Gasteiger partial charge in [0.1, 0.15) is 11.9 Å². The number of amides is 2. The Morgan fingerprint density at radius 2 is 1.87 bits per heavy atom. The van der Waals surface area contributed by atoms with Crippen molar-refractivity contribution >= 4 is 23.2 Å². The van der Waals surface area contributed by atoms with Gasteiger partial charge in [0.15, 0.2) is 0 Å². The third kappa shape index (κ3) is 5.87. The predicted molar refractivity (Wildman–Crippen MR) is 115 cm³/mol. The molecule has 1 fully saturated rings. The normalized spacial score (nSPS) is 16.8. The van der Waals surface area contributed by atoms with E-state index in [2.05, 4.69) is 21.6 Å². The number of nitrogens with one attached hydrogen (secondary N) is 2. The fourth-order valence-electron chi connectivity index (χ4n) is 3.45. The maximum Gasteiger partial charge on any atom is 0.251 e. The summed E-state index contributed by atoms with van der Waals surface area (Å²) in [7, 11) is 0. The molecule has 1 aliphatic heterocycles. The van der Waals surface area contributed by atoms with Crippen LogP contribution in [-0.4, -0.2) is 55.6 Å². The van der Waals surface area contributed by atoms with E-state index >= 15 is 0 Å². The minimum atomic E-state index is -0.684. The minimum Gasteiger partial charge on any atom is -0.379 e. The van der Waals surface area contributed by atoms with Crippen LogP contribution in [0.5, 0.6) is 0 Å². The SMILES string of the molecule is CC(C)[C@@H](NC(=O)c1ccc(F)cc1)C(=O)NC[C@H](c1cccs1)N1CCOCC1. The van der Waals surface area contributed by atoms with Crippen LogP contribution in [-0.2, 0) is 9.53 Å². The molecule has 1 aliphatic rings. The van der Waals surface area contributed by atoms with E-state index in [4.69, 9.17) is 4.74 Å². The molecule has 6 nitrogen and oxygen atoms in total. The zero-order valence-electron chi connectivity index (χ0n) is 17.3. The molecular weight excluding hydrogens is 405 g/mol. The van der Waals surface area contributed by atoms with Crippen molar-refractivity contribution in [3.8, 4) is 0 Å². The number of carbonyl (C=O) groups excluding carboxylic acids is 2. The molecule has 2 amide bonds. The number of hydrogen-bond acceptors (Lipinski definition) is 5. The van der Waals surface area contributed by atoms with Crippen molar-refractivity contribution in [1.82, 2.24) is 15.5 Å². The number of hydrogen-bond donors (Lipinski definition) is 2. The predicted octanol–water partition coefficient (Wildman–Crippen LogP) is 2.83. The molecule has 1 aromatic heterocycles. The number of thiophene rings is 1. The van der Waals surface area contributed by atoms with Gasteiger partial charge in [-0.25, -0.2) is 4.39 Å². The molecule has 1 saturated heterocycles. The molecule has 2 heterocycles. The molecular formula is C22H28FN3O3S. The molecule has 0 saturated carbocycles. The number of carbonyl (C=O) groups is 2. The van der Waals surface area contributed by atoms with Crippen molar-refractivity contribution in [3.05, 3.63) is 58.0 Å². The number of benzene rings is 1. The third-order valence-electron chi connectivity index (χ3n) is 5.17. The van der Waals surface area contributed by atoms with Gasteiger partial charge in [-0.1, -0.05) is 19.9 Å². The Kier molecular flexibility index (Phi) is 7.95. The first-order valence-electron chi connectivity index (χ1n) is 10.1. The van der Waals surface area contributed by atoms with Crippen LogP contribution < -0.4 is 10.6 Å². The van der Waals surface area contributed by atoms with Gasteiger partial charge in [-0.3, -0.25) is 14.5 Å². The van der Waals surface area contributed by atoms with Gasteiger partial charge < -0.3 is 15.4 Å². The monoisotopic (exact) mass is 433 g/mol. The van der Waals surface area contributed by atoms with Crippen LogP contribution >= 0.6 is 11.3 Å². The quantitative estimate of drug-likeness (QED) is 0.672. The van der Waals surface area contributed by atoms with Gasteiger partial charge in [-0.05, 0) is 41.6 Å². The molecule has 0 radical (unpaired) electrons. The van der Waals surface area contributed by atoms with Crippen LogP contribution in [0.15, 0.2) is 41.8 Å². The van der Waals surface area contributed by atoms with E-state index in [1.165, 1.54) is 29.1 Å². The van der Waals surface area contributed by atoms with Gasteiger partial charge in [0.2, 0.25) is 5.91 Å². The van der Waals surface area contributed by atoms with E-state index in [-0.39, 0.29) is 17.9 Å². The lowest BCUT2D eigenvalue weighted by atomic mass is 10.0. The Hall–Kier alpha value is -2.29. The zero-order valence-corrected chi connectivity index (χ0v) is 18.1. The van der Waals surface area contributed by atoms with Gasteiger partial charge in [0.05, 0.1) is 19.3 Å². The Balaban J connectivity index is 1.64. The van der Waals surface area contributed by atoms with Crippen molar-refractivity contribution in [2.75, 3.05) is 32.8 Å². The topological polar surface area (TPSA) is 70.7 Å². The molecule has 0 aliphatic carbocycles. The standard InChI is InChI=1S/C22H28FN3O3S/c1-15(2)20(25-21(27)16-5-7-17(23)8-6-16)22(28)24-14-18(19-4-3-13-30-19)26-9-11-29-12-10-26/h3-8,13,15,18,20H,9-12,14H2,1-2H3,(H,24,28)(H,25,27)/t18-,20-/m1/s1. The highest BCUT2D eigenvalue weighted by molar-refractivity contribution is 7.10. The molecule has 1 aromatic carbocycles. The third-order valence-corrected chi connectivity index (χ3v) is 6.14. The number of rotatable bonds is 8. The van der Waals surface area contributed by atoms with E-state index in [1.54, 1.807) is 11.3 Å². The van der Waals surface area contributed by atoms with Crippen molar-refractivity contribution < 1.29 is 18.7 Å². The van der Waals surface area contributed by atoms with Crippen LogP contribution in [0.2, 0.25) is 0 Å². The lowest BCUT2D eigenvalue weighted by molar-refractivity contribution is -0.124. The Morgan fingerprint density at radius 3 is 2.47 bits per heavy atom. The highest BCUT2D eigenvalue weighted by Gasteiger charge is 2.28. The van der Waals surface area contributed by atoms with Gasteiger partial charge >= 0.3 is 0 Å². The van der Waals surface area contributed by atoms with E-state index in [9.17, 15) is 14.0 Å². The summed E-state index contributed by atoms with van der Waals surface area (Å²) in [6.07, 6.45) is 0. The van der Waals surface area contributed by atoms with Crippen LogP contribution in [0.1, 0.15) is 35.1 Å². The molecule has 2 atom stereocenters. The summed E-state index contributed by atoms with van der Waals surface area (Å²) in [5.74, 6) is -1.13. The second-order valence-corrected chi connectivity index (χ2v) is 8.61. The summed E-state index contributed by atoms with van der Waals surface area (Å²) in [6.45, 7) is 7.20. The maximum absolute atomic E-state index is 13.1. The van der Waals surface area contributed by atoms with Crippen LogP contribution in [0.4, 0.5) is 4.39 Å². The lowest BCUT2D eigenvalue weighted by Gasteiger charge is -2.34. The molecule has 8 heteroatoms. The fourth-order valence-corrected chi connectivity index (χ4v) is 4.31. The van der Waals surface area contributed by atoms with Gasteiger partial charge in [0.25, 0.3) is 5.91 Å². The van der Waals surface area contributed by atoms with E-state index < -0.39 is 17.8 Å². The van der Waals surface area contributed by atoms with Crippen molar-refractivity contribution in [2.45, 2.75) is 25.9 Å². The highest BCUT2D eigenvalue weighted by Crippen LogP contribution is 2.25. The average Bonchev–Trinajstić information content (AvgIpc) is 3.27. The number of halogens is 1. The first-order valence-corrected chi connectivity index (χ1v) is 11.0. The summed E-state index contributed by atoms with van der Waals surface area (Å²) in [6, 6.07) is 8.74. The first-order chi connectivity index (χ1) is 14.5. The second kappa shape index (κ2) is 10.7. The maximum atomic E-state index is 13.1. The van der Waals surface area contributed by atoms with E-state index in [0.717, 1.165) is 13.1 Å². The lowest BCUT2D eigenvalue weighted by Crippen LogP contribution is -2.51. The summed E-state index contributed by atoms with van der Waals surface area (Å²) < 4.78 is 18.6. The van der Waals surface area contributed by atoms with Crippen LogP contribution in [0, 0.1) is 11.7 Å². The fraction of sp³-hybridized carbons (Fsp3) is 0.455. The molecule has 2 aromatic rings. The molecule has 2 N–H and O–H groups in total. The van der Waals surface area contributed by atoms with Crippen molar-refractivity contribution in [2.24, 2.45) is 5.92 Å². The summed E-state index contributed by atoms with van der Waals surface area (Å²) in [5, 5.41) is 7.84. The van der Waals surface area contributed by atoms with Gasteiger partial charge in [-0.15, -0.1) is 11.3 Å². The number of ether oxygens (including phenoxy) is 1. The highest BCUT2D eigenvalue weighted by atomic mass is 32.1. The number of morpholine rings is 1. The van der Waals surface area contributed by atoms with Crippen LogP contribution in [0.25, 0.3) is 0 Å². The molecule has 0 spiro atoms. The molecule has 0 unspecified atom stereocenters. The van der Waals surface area contributed by atoms with Crippen molar-refractivity contribution in [1.29, 1.82) is 0 Å². The summed E-state index contributed by atoms with van der Waals surface area (Å²) in [4.78, 5) is 29.0. The Labute approximate surface area is 180 Å². The summed E-state index contributed by atoms with van der Waals surface area (Å²) in [5.41, 5.74) is 0.319. The van der Waals surface area contributed by atoms with Gasteiger partial charge in [-0.2, -0.15) is 0 Å². The summed E-state index contributed by atoms with van der Waals surface area (Å²) >= 11 is 1.67. The number of nitrogens with zero attached hydrogens (tertiary/aromatic N) is 1. The Bertz CT molecular complexity index is 821. The smallest absolute Gasteiger partial charge is 0.251 e. The zero-order chi connectivity index (χ0) is 21.5. The average molecular weight is 434 g/mol. The first kappa shape index (κ1) is 22.4.